The van der Waals surface area contributed by atoms with Gasteiger partial charge < -0.3 is 62.2 Å². The van der Waals surface area contributed by atoms with Crippen molar-refractivity contribution in [1.29, 1.82) is 0 Å². The molecule has 0 aliphatic carbocycles. The molecule has 0 radical (unpaired) electrons. The molecule has 3 heterocycles. The summed E-state index contributed by atoms with van der Waals surface area (Å²) in [6, 6.07) is 0. The van der Waals surface area contributed by atoms with E-state index in [1.165, 1.54) is 20.8 Å². The monoisotopic (exact) mass is 1090 g/mol. The normalized spacial score (nSPS) is 30.5. The van der Waals surface area contributed by atoms with Crippen molar-refractivity contribution in [3.8, 4) is 0 Å². The zero-order chi connectivity index (χ0) is 56.2. The number of ketones is 1. The van der Waals surface area contributed by atoms with E-state index < -0.39 is 18.0 Å². The maximum absolute atomic E-state index is 12.9. The lowest BCUT2D eigenvalue weighted by atomic mass is 9.79. The van der Waals surface area contributed by atoms with E-state index in [9.17, 15) is 24.0 Å². The molecule has 0 spiro atoms. The molecule has 442 valence electrons. The van der Waals surface area contributed by atoms with Crippen molar-refractivity contribution in [3.63, 3.8) is 0 Å². The van der Waals surface area contributed by atoms with Crippen molar-refractivity contribution in [2.75, 3.05) is 85.8 Å². The first kappa shape index (κ1) is 67.5. The Morgan fingerprint density at radius 1 is 0.408 bits per heavy atom. The summed E-state index contributed by atoms with van der Waals surface area (Å²) in [5, 5.41) is 2.96. The van der Waals surface area contributed by atoms with Crippen molar-refractivity contribution in [2.45, 2.75) is 198 Å². The lowest BCUT2D eigenvalue weighted by Crippen LogP contribution is -2.48. The highest BCUT2D eigenvalue weighted by Crippen LogP contribution is 2.38. The molecule has 0 bridgehead atoms. The Kier molecular flexibility index (Phi) is 32.4. The first-order chi connectivity index (χ1) is 36.1. The van der Waals surface area contributed by atoms with Crippen LogP contribution in [0.15, 0.2) is 0 Å². The van der Waals surface area contributed by atoms with E-state index in [1.54, 1.807) is 0 Å². The fraction of sp³-hybridized carbons (Fsp3) is 0.914. The van der Waals surface area contributed by atoms with E-state index in [0.717, 1.165) is 38.5 Å². The Balaban J connectivity index is 1.37. The Morgan fingerprint density at radius 2 is 0.763 bits per heavy atom. The van der Waals surface area contributed by atoms with E-state index in [-0.39, 0.29) is 129 Å². The number of carbonyl (C=O) groups excluding carboxylic acids is 5. The molecule has 3 aliphatic heterocycles. The third-order valence-corrected chi connectivity index (χ3v) is 16.4. The highest BCUT2D eigenvalue weighted by Gasteiger charge is 2.42. The van der Waals surface area contributed by atoms with Gasteiger partial charge in [-0.25, -0.2) is 0 Å². The van der Waals surface area contributed by atoms with Crippen LogP contribution in [0, 0.1) is 58.7 Å². The second kappa shape index (κ2) is 36.4. The van der Waals surface area contributed by atoms with Crippen LogP contribution in [0.4, 0.5) is 0 Å². The molecule has 3 aliphatic rings. The number of rotatable bonds is 38. The Hall–Kier alpha value is -2.81. The molecule has 0 aromatic heterocycles. The summed E-state index contributed by atoms with van der Waals surface area (Å²) in [6.07, 6.45) is 6.11. The number of hydrogen-bond donors (Lipinski definition) is 1. The summed E-state index contributed by atoms with van der Waals surface area (Å²) in [5.41, 5.74) is -0.508. The Morgan fingerprint density at radius 3 is 1.18 bits per heavy atom. The van der Waals surface area contributed by atoms with Gasteiger partial charge >= 0.3 is 17.9 Å². The number of hydrogen-bond acceptors (Lipinski definition) is 17. The Labute approximate surface area is 456 Å². The average Bonchev–Trinajstić information content (AvgIpc) is 3.37. The predicted octanol–water partition coefficient (Wildman–Crippen LogP) is 8.66. The molecule has 0 aromatic carbocycles. The van der Waals surface area contributed by atoms with E-state index >= 15 is 0 Å². The molecule has 18 nitrogen and oxygen atoms in total. The van der Waals surface area contributed by atoms with Crippen LogP contribution in [0.25, 0.3) is 0 Å². The van der Waals surface area contributed by atoms with Crippen LogP contribution in [0.5, 0.6) is 0 Å². The molecule has 1 N–H and O–H groups in total. The van der Waals surface area contributed by atoms with Gasteiger partial charge in [0.1, 0.15) is 25.6 Å². The van der Waals surface area contributed by atoms with Gasteiger partial charge in [-0.3, -0.25) is 24.0 Å². The van der Waals surface area contributed by atoms with Crippen molar-refractivity contribution in [1.82, 2.24) is 5.32 Å². The van der Waals surface area contributed by atoms with Gasteiger partial charge in [0.2, 0.25) is 5.91 Å². The third kappa shape index (κ3) is 25.1. The summed E-state index contributed by atoms with van der Waals surface area (Å²) in [4.78, 5) is 59.8. The first-order valence-corrected chi connectivity index (χ1v) is 28.9. The Bertz CT molecular complexity index is 1590. The fourth-order valence-corrected chi connectivity index (χ4v) is 10.0. The molecular formula is C58H103NO17. The van der Waals surface area contributed by atoms with Crippen LogP contribution in [0.3, 0.4) is 0 Å². The topological polar surface area (TPSA) is 208 Å². The maximum atomic E-state index is 12.9. The van der Waals surface area contributed by atoms with E-state index in [0.29, 0.717) is 96.2 Å². The predicted molar refractivity (Wildman–Crippen MR) is 286 cm³/mol. The molecule has 0 aromatic rings. The second-order valence-corrected chi connectivity index (χ2v) is 22.8. The van der Waals surface area contributed by atoms with Crippen LogP contribution in [0.2, 0.25) is 0 Å². The molecule has 7 unspecified atom stereocenters. The summed E-state index contributed by atoms with van der Waals surface area (Å²) in [7, 11) is 0. The number of ether oxygens (including phenoxy) is 12. The third-order valence-electron chi connectivity index (χ3n) is 16.4. The summed E-state index contributed by atoms with van der Waals surface area (Å²) in [6.45, 7) is 30.2. The molecule has 1 amide bonds. The molecule has 18 heteroatoms. The van der Waals surface area contributed by atoms with E-state index in [2.05, 4.69) is 67.6 Å². The highest BCUT2D eigenvalue weighted by molar-refractivity contribution is 5.78. The SMILES string of the molecule is CC(=O)OCC1O[C@@H](OCCCCCCCOCC(C)(COCCC(=O)CCCCO[C@@H]2OC(COC(C)=O)[C@H](C)[C@H](C)C2C)COCCC(=O)NCCCO[C@@H]2OC(COC(C)=O)[C@H](C)[C@H](C)C2C)C(C)[C@@H](C)[C@H]1C. The maximum Gasteiger partial charge on any atom is 0.302 e. The number of amides is 1. The first-order valence-electron chi connectivity index (χ1n) is 28.9. The summed E-state index contributed by atoms with van der Waals surface area (Å²) >= 11 is 0. The van der Waals surface area contributed by atoms with Crippen LogP contribution in [0.1, 0.15) is 161 Å². The minimum absolute atomic E-state index is 0.117. The van der Waals surface area contributed by atoms with Crippen LogP contribution in [-0.4, -0.2) is 153 Å². The molecule has 16 atom stereocenters. The zero-order valence-corrected chi connectivity index (χ0v) is 49.1. The van der Waals surface area contributed by atoms with Gasteiger partial charge in [-0.15, -0.1) is 0 Å². The van der Waals surface area contributed by atoms with Crippen molar-refractivity contribution in [3.05, 3.63) is 0 Å². The molecule has 0 saturated carbocycles. The van der Waals surface area contributed by atoms with Crippen LogP contribution >= 0.6 is 0 Å². The molecule has 3 fully saturated rings. The second-order valence-electron chi connectivity index (χ2n) is 22.8. The van der Waals surface area contributed by atoms with E-state index in [4.69, 9.17) is 56.8 Å². The van der Waals surface area contributed by atoms with Gasteiger partial charge in [-0.1, -0.05) is 88.5 Å². The quantitative estimate of drug-likeness (QED) is 0.0348. The summed E-state index contributed by atoms with van der Waals surface area (Å²) < 4.78 is 71.1. The molecular weight excluding hydrogens is 983 g/mol. The van der Waals surface area contributed by atoms with Gasteiger partial charge in [-0.2, -0.15) is 0 Å². The van der Waals surface area contributed by atoms with E-state index in [1.807, 2.05) is 6.92 Å². The summed E-state index contributed by atoms with van der Waals surface area (Å²) in [5.74, 6) is 1.36. The average molecular weight is 1090 g/mol. The molecule has 3 rings (SSSR count). The van der Waals surface area contributed by atoms with Gasteiger partial charge in [0.15, 0.2) is 18.9 Å². The highest BCUT2D eigenvalue weighted by atomic mass is 16.7. The lowest BCUT2D eigenvalue weighted by molar-refractivity contribution is -0.255. The van der Waals surface area contributed by atoms with Crippen LogP contribution in [-0.2, 0) is 80.8 Å². The zero-order valence-electron chi connectivity index (χ0n) is 49.1. The number of esters is 3. The minimum Gasteiger partial charge on any atom is -0.463 e. The standard InChI is InChI=1S/C58H103NO17/c1-38-41(4)51(32-71-47(10)60)74-55(44(38)7)68-27-19-16-14-15-18-26-65-35-58(13,36-66-30-23-50(63)22-17-20-28-69-56-45(8)39(2)42(5)52(75-56)33-72-48(11)61)37-67-31-24-54(64)59-25-21-29-70-57-46(9)40(3)43(6)53(76-57)34-73-49(12)62/h38-46,51-53,55-57H,14-37H2,1-13H3,(H,59,64)/t38-,39-,40-,41+,42+,43+,44?,45?,46?,51?,52?,53?,55+,56+,57+,58?/m0/s1. The van der Waals surface area contributed by atoms with Crippen molar-refractivity contribution < 1.29 is 80.8 Å². The van der Waals surface area contributed by atoms with Crippen molar-refractivity contribution in [2.24, 2.45) is 58.7 Å². The smallest absolute Gasteiger partial charge is 0.302 e. The molecule has 76 heavy (non-hydrogen) atoms. The fourth-order valence-electron chi connectivity index (χ4n) is 10.0. The lowest BCUT2D eigenvalue weighted by Gasteiger charge is -2.43. The number of unbranched alkanes of at least 4 members (excludes halogenated alkanes) is 5. The van der Waals surface area contributed by atoms with Gasteiger partial charge in [0.25, 0.3) is 0 Å². The van der Waals surface area contributed by atoms with Gasteiger partial charge in [-0.05, 0) is 67.6 Å². The largest absolute Gasteiger partial charge is 0.463 e. The van der Waals surface area contributed by atoms with Crippen molar-refractivity contribution >= 4 is 29.6 Å². The van der Waals surface area contributed by atoms with Gasteiger partial charge in [0.05, 0.1) is 58.0 Å². The molecule has 3 saturated heterocycles. The number of Topliss-reactive ketones (excluding diaryl/α,β-unsaturated/α-hetero) is 1. The van der Waals surface area contributed by atoms with Crippen LogP contribution < -0.4 is 5.32 Å². The minimum atomic E-state index is -0.508. The van der Waals surface area contributed by atoms with Gasteiger partial charge in [0, 0.05) is 89.6 Å². The number of carbonyl (C=O) groups is 5. The number of nitrogens with one attached hydrogen (secondary N) is 1.